The Hall–Kier alpha value is 0.110. The Morgan fingerprint density at radius 3 is 2.50 bits per heavy atom. The van der Waals surface area contributed by atoms with Crippen molar-refractivity contribution in [1.29, 1.82) is 0 Å². The van der Waals surface area contributed by atoms with Gasteiger partial charge in [0.15, 0.2) is 0 Å². The predicted octanol–water partition coefficient (Wildman–Crippen LogP) is 1.93. The molecule has 1 aliphatic rings. The first kappa shape index (κ1) is 10.2. The van der Waals surface area contributed by atoms with Crippen LogP contribution in [0, 0.1) is 0 Å². The van der Waals surface area contributed by atoms with Crippen LogP contribution >= 0.6 is 0 Å². The minimum absolute atomic E-state index is 0.0809. The van der Waals surface area contributed by atoms with Crippen LogP contribution in [0.15, 0.2) is 0 Å². The first-order chi connectivity index (χ1) is 5.46. The third kappa shape index (κ3) is 2.30. The molecule has 0 radical (unpaired) electrons. The molecule has 0 spiro atoms. The van der Waals surface area contributed by atoms with Gasteiger partial charge in [-0.3, -0.25) is 0 Å². The van der Waals surface area contributed by atoms with Crippen molar-refractivity contribution in [3.8, 4) is 0 Å². The molecule has 0 aliphatic carbocycles. The highest BCUT2D eigenvalue weighted by Crippen LogP contribution is 2.29. The van der Waals surface area contributed by atoms with Crippen molar-refractivity contribution >= 4 is 11.0 Å². The summed E-state index contributed by atoms with van der Waals surface area (Å²) in [6.45, 7) is 9.31. The van der Waals surface area contributed by atoms with Gasteiger partial charge in [-0.2, -0.15) is 0 Å². The van der Waals surface area contributed by atoms with E-state index in [0.29, 0.717) is 6.04 Å². The van der Waals surface area contributed by atoms with E-state index in [0.717, 1.165) is 6.54 Å². The van der Waals surface area contributed by atoms with Gasteiger partial charge in [-0.15, -0.1) is 0 Å². The summed E-state index contributed by atoms with van der Waals surface area (Å²) < 4.78 is 13.8. The maximum atomic E-state index is 11.7. The minimum atomic E-state index is -0.776. The monoisotopic (exact) mass is 189 g/mol. The summed E-state index contributed by atoms with van der Waals surface area (Å²) in [7, 11) is -0.776. The summed E-state index contributed by atoms with van der Waals surface area (Å²) in [5, 5.41) is 0. The minimum Gasteiger partial charge on any atom is -0.242 e. The van der Waals surface area contributed by atoms with E-state index in [1.165, 1.54) is 12.8 Å². The van der Waals surface area contributed by atoms with Gasteiger partial charge in [0.1, 0.15) is 11.0 Å². The van der Waals surface area contributed by atoms with Crippen molar-refractivity contribution in [2.45, 2.75) is 51.3 Å². The Kier molecular flexibility index (Phi) is 2.94. The van der Waals surface area contributed by atoms with Crippen LogP contribution in [-0.2, 0) is 11.0 Å². The molecule has 1 aliphatic heterocycles. The average molecular weight is 189 g/mol. The van der Waals surface area contributed by atoms with E-state index in [2.05, 4.69) is 11.2 Å². The summed E-state index contributed by atoms with van der Waals surface area (Å²) in [4.78, 5) is 0. The van der Waals surface area contributed by atoms with Crippen LogP contribution in [0.4, 0.5) is 0 Å². The largest absolute Gasteiger partial charge is 0.242 e. The van der Waals surface area contributed by atoms with Crippen LogP contribution in [-0.4, -0.2) is 25.8 Å². The average Bonchev–Trinajstić information content (AvgIpc) is 2.65. The number of hydrogen-bond donors (Lipinski definition) is 0. The lowest BCUT2D eigenvalue weighted by atomic mass is 10.3. The maximum Gasteiger partial charge on any atom is 0.100 e. The van der Waals surface area contributed by atoms with Crippen LogP contribution in [0.25, 0.3) is 0 Å². The Bertz CT molecular complexity index is 185. The first-order valence-corrected chi connectivity index (χ1v) is 5.76. The van der Waals surface area contributed by atoms with Gasteiger partial charge >= 0.3 is 0 Å². The molecule has 1 saturated heterocycles. The number of hydrogen-bond acceptors (Lipinski definition) is 1. The molecule has 0 aromatic heterocycles. The van der Waals surface area contributed by atoms with Gasteiger partial charge in [-0.25, -0.2) is 8.51 Å². The van der Waals surface area contributed by atoms with Gasteiger partial charge in [0, 0.05) is 12.6 Å². The van der Waals surface area contributed by atoms with Crippen molar-refractivity contribution in [2.24, 2.45) is 0 Å². The molecule has 1 fully saturated rings. The Balaban J connectivity index is 2.38. The molecule has 72 valence electrons. The lowest BCUT2D eigenvalue weighted by Crippen LogP contribution is -2.28. The van der Waals surface area contributed by atoms with E-state index in [9.17, 15) is 4.21 Å². The van der Waals surface area contributed by atoms with Crippen molar-refractivity contribution in [3.63, 3.8) is 0 Å². The summed E-state index contributed by atoms with van der Waals surface area (Å²) in [6, 6.07) is 0.607. The highest BCUT2D eigenvalue weighted by molar-refractivity contribution is 7.84. The van der Waals surface area contributed by atoms with Crippen molar-refractivity contribution in [2.75, 3.05) is 6.54 Å². The molecular formula is C9H19NOS. The van der Waals surface area contributed by atoms with E-state index in [1.807, 2.05) is 20.8 Å². The fraction of sp³-hybridized carbons (Fsp3) is 1.00. The fourth-order valence-electron chi connectivity index (χ4n) is 1.28. The second-order valence-corrected chi connectivity index (χ2v) is 6.60. The Labute approximate surface area is 77.9 Å². The molecule has 0 aromatic carbocycles. The molecule has 3 atom stereocenters. The molecule has 0 aromatic rings. The molecule has 0 saturated carbocycles. The summed E-state index contributed by atoms with van der Waals surface area (Å²) >= 11 is 0. The summed E-state index contributed by atoms with van der Waals surface area (Å²) in [5.41, 5.74) is 0. The second kappa shape index (κ2) is 3.46. The predicted molar refractivity (Wildman–Crippen MR) is 53.3 cm³/mol. The Morgan fingerprint density at radius 1 is 1.50 bits per heavy atom. The molecule has 3 heteroatoms. The van der Waals surface area contributed by atoms with Gasteiger partial charge in [0.05, 0.1) is 4.75 Å². The molecule has 0 bridgehead atoms. The molecule has 12 heavy (non-hydrogen) atoms. The normalized spacial score (nSPS) is 31.7. The van der Waals surface area contributed by atoms with Crippen molar-refractivity contribution in [3.05, 3.63) is 0 Å². The molecule has 1 rings (SSSR count). The molecule has 2 unspecified atom stereocenters. The third-order valence-electron chi connectivity index (χ3n) is 2.02. The van der Waals surface area contributed by atoms with Crippen LogP contribution in [0.2, 0.25) is 0 Å². The van der Waals surface area contributed by atoms with Gasteiger partial charge in [-0.05, 0) is 27.2 Å². The zero-order valence-electron chi connectivity index (χ0n) is 8.46. The number of nitrogens with zero attached hydrogens (tertiary/aromatic N) is 1. The first-order valence-electron chi connectivity index (χ1n) is 4.65. The van der Waals surface area contributed by atoms with Gasteiger partial charge in [0.2, 0.25) is 0 Å². The molecule has 0 N–H and O–H groups in total. The van der Waals surface area contributed by atoms with E-state index in [4.69, 9.17) is 0 Å². The van der Waals surface area contributed by atoms with Crippen molar-refractivity contribution < 1.29 is 4.21 Å². The third-order valence-corrected chi connectivity index (χ3v) is 3.94. The zero-order chi connectivity index (χ0) is 9.35. The quantitative estimate of drug-likeness (QED) is 0.621. The van der Waals surface area contributed by atoms with Crippen molar-refractivity contribution in [1.82, 2.24) is 4.31 Å². The molecule has 1 heterocycles. The van der Waals surface area contributed by atoms with Gasteiger partial charge < -0.3 is 0 Å². The molecule has 0 amide bonds. The van der Waals surface area contributed by atoms with E-state index in [1.54, 1.807) is 0 Å². The smallest absolute Gasteiger partial charge is 0.100 e. The van der Waals surface area contributed by atoms with E-state index in [-0.39, 0.29) is 4.75 Å². The van der Waals surface area contributed by atoms with Crippen LogP contribution < -0.4 is 0 Å². The van der Waals surface area contributed by atoms with Gasteiger partial charge in [0.25, 0.3) is 0 Å². The SMILES string of the molecule is CCCC1CN1[S@@](=O)C(C)(C)C. The lowest BCUT2D eigenvalue weighted by Gasteiger charge is -2.18. The summed E-state index contributed by atoms with van der Waals surface area (Å²) in [5.74, 6) is 0. The van der Waals surface area contributed by atoms with E-state index < -0.39 is 11.0 Å². The lowest BCUT2D eigenvalue weighted by molar-refractivity contribution is 0.594. The summed E-state index contributed by atoms with van der Waals surface area (Å²) in [6.07, 6.45) is 2.39. The fourth-order valence-corrected chi connectivity index (χ4v) is 2.67. The second-order valence-electron chi connectivity index (χ2n) is 4.40. The zero-order valence-corrected chi connectivity index (χ0v) is 9.28. The van der Waals surface area contributed by atoms with Gasteiger partial charge in [-0.1, -0.05) is 13.3 Å². The highest BCUT2D eigenvalue weighted by atomic mass is 32.2. The standard InChI is InChI=1S/C9H19NOS/c1-5-6-8-7-10(8)12(11)9(2,3)4/h8H,5-7H2,1-4H3/t8?,10?,12-/m0/s1. The topological polar surface area (TPSA) is 20.1 Å². The highest BCUT2D eigenvalue weighted by Gasteiger charge is 2.41. The maximum absolute atomic E-state index is 11.7. The Morgan fingerprint density at radius 2 is 2.08 bits per heavy atom. The van der Waals surface area contributed by atoms with Crippen LogP contribution in [0.5, 0.6) is 0 Å². The van der Waals surface area contributed by atoms with Crippen LogP contribution in [0.1, 0.15) is 40.5 Å². The molecular weight excluding hydrogens is 170 g/mol. The van der Waals surface area contributed by atoms with Crippen LogP contribution in [0.3, 0.4) is 0 Å². The number of rotatable bonds is 3. The van der Waals surface area contributed by atoms with E-state index >= 15 is 0 Å². The molecule has 2 nitrogen and oxygen atoms in total.